The number of amidine groups is 1. The van der Waals surface area contributed by atoms with E-state index in [-0.39, 0.29) is 43.0 Å². The number of hydrogen-bond acceptors (Lipinski definition) is 7. The number of aliphatic imine (C=N–C) groups is 1. The molecule has 2 aliphatic carbocycles. The summed E-state index contributed by atoms with van der Waals surface area (Å²) in [4.78, 5) is 37.3. The quantitative estimate of drug-likeness (QED) is 0.561. The van der Waals surface area contributed by atoms with Crippen LogP contribution in [0.4, 0.5) is 23.8 Å². The molecule has 12 heteroatoms. The number of halogens is 3. The van der Waals surface area contributed by atoms with Gasteiger partial charge in [0.2, 0.25) is 0 Å². The Morgan fingerprint density at radius 2 is 1.82 bits per heavy atom. The van der Waals surface area contributed by atoms with Gasteiger partial charge in [0.15, 0.2) is 0 Å². The molecule has 2 bridgehead atoms. The number of fused-ring (bicyclic) bond motifs is 2. The summed E-state index contributed by atoms with van der Waals surface area (Å²) in [5.41, 5.74) is 0.248. The second kappa shape index (κ2) is 10.4. The number of carboxylic acid groups (broad SMARTS) is 1. The number of aliphatic carboxylic acids is 1. The molecule has 0 aromatic carbocycles. The summed E-state index contributed by atoms with van der Waals surface area (Å²) in [5, 5.41) is 12.5. The molecule has 1 amide bonds. The fourth-order valence-electron chi connectivity index (χ4n) is 7.18. The maximum atomic E-state index is 13.4. The topological polar surface area (TPSA) is 107 Å². The van der Waals surface area contributed by atoms with Gasteiger partial charge in [0.1, 0.15) is 17.3 Å². The Kier molecular flexibility index (Phi) is 7.06. The Morgan fingerprint density at radius 1 is 1.07 bits per heavy atom. The molecular weight excluding hydrogens is 527 g/mol. The predicted octanol–water partition coefficient (Wildman–Crippen LogP) is 4.36. The molecule has 3 aliphatic heterocycles. The zero-order valence-electron chi connectivity index (χ0n) is 22.4. The molecule has 6 rings (SSSR count). The third-order valence-corrected chi connectivity index (χ3v) is 9.59. The number of rotatable bonds is 4. The van der Waals surface area contributed by atoms with Gasteiger partial charge < -0.3 is 25.0 Å². The Labute approximate surface area is 231 Å². The lowest BCUT2D eigenvalue weighted by Gasteiger charge is -2.38. The van der Waals surface area contributed by atoms with Gasteiger partial charge in [-0.3, -0.25) is 9.79 Å². The van der Waals surface area contributed by atoms with Gasteiger partial charge >= 0.3 is 18.2 Å². The minimum absolute atomic E-state index is 0.0363. The highest BCUT2D eigenvalue weighted by Gasteiger charge is 2.49. The molecule has 3 unspecified atom stereocenters. The van der Waals surface area contributed by atoms with Crippen LogP contribution in [-0.2, 0) is 9.53 Å². The first-order valence-electron chi connectivity index (χ1n) is 14.4. The number of carbonyl (C=O) groups excluding carboxylic acids is 1. The maximum Gasteiger partial charge on any atom is 0.410 e. The van der Waals surface area contributed by atoms with Crippen LogP contribution in [0, 0.1) is 11.8 Å². The highest BCUT2D eigenvalue weighted by Crippen LogP contribution is 2.40. The lowest BCUT2D eigenvalue weighted by molar-refractivity contribution is -0.178. The van der Waals surface area contributed by atoms with Crippen LogP contribution in [0.15, 0.2) is 23.3 Å². The number of carbonyl (C=O) groups is 2. The summed E-state index contributed by atoms with van der Waals surface area (Å²) in [6, 6.07) is 3.52. The molecule has 5 aliphatic rings. The number of aromatic nitrogens is 1. The van der Waals surface area contributed by atoms with E-state index < -0.39 is 23.7 Å². The van der Waals surface area contributed by atoms with Crippen molar-refractivity contribution in [2.45, 2.75) is 94.1 Å². The molecule has 1 aromatic heterocycles. The summed E-state index contributed by atoms with van der Waals surface area (Å²) < 4.78 is 46.0. The van der Waals surface area contributed by atoms with E-state index in [1.54, 1.807) is 6.20 Å². The smallest absolute Gasteiger partial charge is 0.410 e. The fourth-order valence-corrected chi connectivity index (χ4v) is 7.18. The number of pyridine rings is 1. The van der Waals surface area contributed by atoms with Crippen LogP contribution in [0.5, 0.6) is 0 Å². The number of anilines is 1. The van der Waals surface area contributed by atoms with Crippen LogP contribution in [0.1, 0.15) is 69.8 Å². The average Bonchev–Trinajstić information content (AvgIpc) is 3.16. The normalized spacial score (nSPS) is 32.2. The molecule has 2 saturated heterocycles. The van der Waals surface area contributed by atoms with Gasteiger partial charge in [0.05, 0.1) is 24.4 Å². The van der Waals surface area contributed by atoms with Crippen LogP contribution in [-0.4, -0.2) is 82.4 Å². The van der Waals surface area contributed by atoms with Crippen molar-refractivity contribution in [2.24, 2.45) is 16.8 Å². The van der Waals surface area contributed by atoms with E-state index in [1.165, 1.54) is 0 Å². The summed E-state index contributed by atoms with van der Waals surface area (Å²) in [7, 11) is 0. The van der Waals surface area contributed by atoms with E-state index in [9.17, 15) is 27.9 Å². The van der Waals surface area contributed by atoms with Gasteiger partial charge in [-0.1, -0.05) is 0 Å². The molecule has 3 atom stereocenters. The zero-order chi connectivity index (χ0) is 28.1. The summed E-state index contributed by atoms with van der Waals surface area (Å²) in [6.45, 7) is 1.90. The molecule has 218 valence electrons. The number of amides is 1. The summed E-state index contributed by atoms with van der Waals surface area (Å²) in [6.07, 6.45) is 2.45. The molecule has 4 fully saturated rings. The highest BCUT2D eigenvalue weighted by molar-refractivity contribution is 5.99. The van der Waals surface area contributed by atoms with E-state index in [4.69, 9.17) is 9.73 Å². The Bertz CT molecular complexity index is 1140. The van der Waals surface area contributed by atoms with E-state index in [2.05, 4.69) is 15.2 Å². The van der Waals surface area contributed by atoms with Gasteiger partial charge in [-0.2, -0.15) is 13.2 Å². The van der Waals surface area contributed by atoms with Crippen LogP contribution in [0.2, 0.25) is 0 Å². The molecule has 2 saturated carbocycles. The van der Waals surface area contributed by atoms with Crippen LogP contribution < -0.4 is 10.2 Å². The molecule has 4 heterocycles. The first kappa shape index (κ1) is 27.1. The summed E-state index contributed by atoms with van der Waals surface area (Å²) >= 11 is 0. The van der Waals surface area contributed by atoms with Gasteiger partial charge in [-0.15, -0.1) is 0 Å². The maximum absolute atomic E-state index is 13.4. The van der Waals surface area contributed by atoms with E-state index in [0.29, 0.717) is 76.8 Å². The number of nitrogens with zero attached hydrogens (tertiary/aromatic N) is 4. The summed E-state index contributed by atoms with van der Waals surface area (Å²) in [5.74, 6) is -0.940. The molecular formula is C28H36F3N5O4. The molecule has 9 nitrogen and oxygen atoms in total. The SMILES string of the molecule is O=C(O)C1CCC(N2CC3(CCN(c4ccc(C5=NC6CCC(C(F)(F)F)CC(C6)N5)cn4)CC3)OC2=O)CC1. The number of carboxylic acids is 1. The van der Waals surface area contributed by atoms with Crippen molar-refractivity contribution < 1.29 is 32.6 Å². The molecule has 1 spiro atoms. The van der Waals surface area contributed by atoms with Crippen molar-refractivity contribution in [3.8, 4) is 0 Å². The van der Waals surface area contributed by atoms with Crippen LogP contribution in [0.3, 0.4) is 0 Å². The monoisotopic (exact) mass is 563 g/mol. The predicted molar refractivity (Wildman–Crippen MR) is 140 cm³/mol. The van der Waals surface area contributed by atoms with Crippen molar-refractivity contribution in [2.75, 3.05) is 24.5 Å². The van der Waals surface area contributed by atoms with Crippen LogP contribution >= 0.6 is 0 Å². The van der Waals surface area contributed by atoms with Crippen LogP contribution in [0.25, 0.3) is 0 Å². The van der Waals surface area contributed by atoms with Crippen molar-refractivity contribution in [3.05, 3.63) is 23.9 Å². The highest BCUT2D eigenvalue weighted by atomic mass is 19.4. The molecule has 1 aromatic rings. The average molecular weight is 564 g/mol. The van der Waals surface area contributed by atoms with Crippen molar-refractivity contribution in [3.63, 3.8) is 0 Å². The number of piperidine rings is 1. The number of alkyl halides is 3. The number of ether oxygens (including phenoxy) is 1. The minimum atomic E-state index is -4.17. The van der Waals surface area contributed by atoms with Crippen molar-refractivity contribution >= 4 is 23.7 Å². The first-order valence-corrected chi connectivity index (χ1v) is 14.4. The first-order chi connectivity index (χ1) is 19.1. The van der Waals surface area contributed by atoms with Gasteiger partial charge in [0.25, 0.3) is 0 Å². The standard InChI is InChI=1S/C28H36F3N5O4/c29-28(30,31)19-4-5-20-14-21(13-19)34-24(33-20)18-3-8-23(32-15-18)35-11-9-27(10-12-35)16-36(26(39)40-27)22-6-1-17(2-7-22)25(37)38/h3,8,15,17,19-22H,1-2,4-7,9-14,16H2,(H,33,34)(H,37,38). The number of hydrogen-bond donors (Lipinski definition) is 2. The lowest BCUT2D eigenvalue weighted by atomic mass is 9.84. The lowest BCUT2D eigenvalue weighted by Crippen LogP contribution is -2.48. The molecule has 0 radical (unpaired) electrons. The number of nitrogens with one attached hydrogen (secondary N) is 1. The van der Waals surface area contributed by atoms with Crippen molar-refractivity contribution in [1.82, 2.24) is 15.2 Å². The Morgan fingerprint density at radius 3 is 2.48 bits per heavy atom. The Balaban J connectivity index is 1.04. The second-order valence-electron chi connectivity index (χ2n) is 12.2. The third kappa shape index (κ3) is 5.45. The van der Waals surface area contributed by atoms with Crippen molar-refractivity contribution in [1.29, 1.82) is 0 Å². The Hall–Kier alpha value is -3.05. The fraction of sp³-hybridized carbons (Fsp3) is 0.714. The van der Waals surface area contributed by atoms with E-state index in [0.717, 1.165) is 11.4 Å². The third-order valence-electron chi connectivity index (χ3n) is 9.59. The van der Waals surface area contributed by atoms with Gasteiger partial charge in [0, 0.05) is 49.8 Å². The second-order valence-corrected chi connectivity index (χ2v) is 12.2. The minimum Gasteiger partial charge on any atom is -0.481 e. The largest absolute Gasteiger partial charge is 0.481 e. The van der Waals surface area contributed by atoms with Gasteiger partial charge in [-0.05, 0) is 63.5 Å². The molecule has 40 heavy (non-hydrogen) atoms. The zero-order valence-corrected chi connectivity index (χ0v) is 22.4. The van der Waals surface area contributed by atoms with E-state index in [1.807, 2.05) is 17.0 Å². The van der Waals surface area contributed by atoms with E-state index >= 15 is 0 Å². The molecule has 2 N–H and O–H groups in total. The van der Waals surface area contributed by atoms with Gasteiger partial charge in [-0.25, -0.2) is 9.78 Å².